The Bertz CT molecular complexity index is 1030. The van der Waals surface area contributed by atoms with Crippen LogP contribution in [0.3, 0.4) is 0 Å². The van der Waals surface area contributed by atoms with Gasteiger partial charge in [-0.2, -0.15) is 0 Å². The van der Waals surface area contributed by atoms with Gasteiger partial charge in [-0.05, 0) is 32.0 Å². The molecular weight excluding hydrogens is 418 g/mol. The molecule has 0 atom stereocenters. The molecule has 1 fully saturated rings. The molecule has 8 nitrogen and oxygen atoms in total. The molecule has 0 aliphatic carbocycles. The van der Waals surface area contributed by atoms with Gasteiger partial charge in [0, 0.05) is 26.2 Å². The van der Waals surface area contributed by atoms with Crippen LogP contribution in [0.15, 0.2) is 22.6 Å². The van der Waals surface area contributed by atoms with Crippen molar-refractivity contribution in [3.63, 3.8) is 0 Å². The zero-order chi connectivity index (χ0) is 22.0. The van der Waals surface area contributed by atoms with Crippen LogP contribution in [0, 0.1) is 13.8 Å². The number of rotatable bonds is 7. The minimum Gasteiger partial charge on any atom is -0.495 e. The zero-order valence-corrected chi connectivity index (χ0v) is 19.1. The van der Waals surface area contributed by atoms with Gasteiger partial charge in [0.15, 0.2) is 5.13 Å². The number of ether oxygens (including phenoxy) is 3. The third-order valence-corrected chi connectivity index (χ3v) is 6.48. The molecule has 0 spiro atoms. The van der Waals surface area contributed by atoms with Gasteiger partial charge >= 0.3 is 0 Å². The number of thiazole rings is 1. The predicted molar refractivity (Wildman–Crippen MR) is 120 cm³/mol. The largest absolute Gasteiger partial charge is 0.495 e. The summed E-state index contributed by atoms with van der Waals surface area (Å²) in [7, 11) is 3.23. The standard InChI is InChI=1S/C22H27N3O5S/c1-14-13-16(15(2)30-14)21(26)25(8-7-24-9-11-29-12-10-24)22-23-19-17(27-3)5-6-18(28-4)20(19)31-22/h5-6,13H,7-12H2,1-4H3. The zero-order valence-electron chi connectivity index (χ0n) is 18.3. The molecule has 1 aliphatic heterocycles. The predicted octanol–water partition coefficient (Wildman–Crippen LogP) is 3.50. The van der Waals surface area contributed by atoms with Crippen LogP contribution in [0.2, 0.25) is 0 Å². The van der Waals surface area contributed by atoms with Gasteiger partial charge < -0.3 is 18.6 Å². The monoisotopic (exact) mass is 445 g/mol. The summed E-state index contributed by atoms with van der Waals surface area (Å²) in [5.74, 6) is 2.54. The number of hydrogen-bond donors (Lipinski definition) is 0. The fraction of sp³-hybridized carbons (Fsp3) is 0.455. The van der Waals surface area contributed by atoms with E-state index in [1.807, 2.05) is 26.0 Å². The van der Waals surface area contributed by atoms with Gasteiger partial charge in [0.25, 0.3) is 5.91 Å². The van der Waals surface area contributed by atoms with Crippen molar-refractivity contribution in [3.8, 4) is 11.5 Å². The Morgan fingerprint density at radius 3 is 2.55 bits per heavy atom. The molecule has 1 aliphatic rings. The second kappa shape index (κ2) is 9.25. The molecule has 0 unspecified atom stereocenters. The summed E-state index contributed by atoms with van der Waals surface area (Å²) >= 11 is 1.42. The lowest BCUT2D eigenvalue weighted by Gasteiger charge is -2.29. The van der Waals surface area contributed by atoms with E-state index >= 15 is 0 Å². The summed E-state index contributed by atoms with van der Waals surface area (Å²) in [6.45, 7) is 8.02. The second-order valence-electron chi connectivity index (χ2n) is 7.38. The third kappa shape index (κ3) is 4.39. The molecule has 166 valence electrons. The third-order valence-electron chi connectivity index (χ3n) is 5.39. The first-order valence-electron chi connectivity index (χ1n) is 10.2. The number of anilines is 1. The summed E-state index contributed by atoms with van der Waals surface area (Å²) in [4.78, 5) is 22.4. The summed E-state index contributed by atoms with van der Waals surface area (Å²) in [5.41, 5.74) is 1.24. The number of aryl methyl sites for hydroxylation is 2. The number of benzene rings is 1. The fourth-order valence-electron chi connectivity index (χ4n) is 3.73. The van der Waals surface area contributed by atoms with Crippen molar-refractivity contribution in [1.82, 2.24) is 9.88 Å². The molecule has 9 heteroatoms. The normalized spacial score (nSPS) is 14.7. The van der Waals surface area contributed by atoms with E-state index < -0.39 is 0 Å². The molecule has 2 aromatic heterocycles. The molecule has 0 saturated carbocycles. The number of nitrogens with zero attached hydrogens (tertiary/aromatic N) is 3. The van der Waals surface area contributed by atoms with Crippen molar-refractivity contribution in [2.24, 2.45) is 0 Å². The first kappa shape index (κ1) is 21.6. The van der Waals surface area contributed by atoms with Gasteiger partial charge in [0.2, 0.25) is 0 Å². The highest BCUT2D eigenvalue weighted by atomic mass is 32.1. The van der Waals surface area contributed by atoms with Gasteiger partial charge in [-0.1, -0.05) is 11.3 Å². The van der Waals surface area contributed by atoms with Crippen LogP contribution in [0.1, 0.15) is 21.9 Å². The van der Waals surface area contributed by atoms with E-state index in [1.165, 1.54) is 11.3 Å². The molecular formula is C22H27N3O5S. The Labute approximate surface area is 185 Å². The average Bonchev–Trinajstić information content (AvgIpc) is 3.36. The van der Waals surface area contributed by atoms with E-state index in [1.54, 1.807) is 25.2 Å². The van der Waals surface area contributed by atoms with Crippen molar-refractivity contribution in [2.75, 3.05) is 58.5 Å². The van der Waals surface area contributed by atoms with Crippen molar-refractivity contribution >= 4 is 32.6 Å². The summed E-state index contributed by atoms with van der Waals surface area (Å²) in [6.07, 6.45) is 0. The number of methoxy groups -OCH3 is 2. The smallest absolute Gasteiger partial charge is 0.263 e. The van der Waals surface area contributed by atoms with Gasteiger partial charge in [0.1, 0.15) is 33.2 Å². The van der Waals surface area contributed by atoms with Crippen LogP contribution in [0.5, 0.6) is 11.5 Å². The van der Waals surface area contributed by atoms with Crippen LogP contribution in [-0.2, 0) is 4.74 Å². The SMILES string of the molecule is COc1ccc(OC)c2sc(N(CCN3CCOCC3)C(=O)c3cc(C)oc3C)nc12. The number of aromatic nitrogens is 1. The Morgan fingerprint density at radius 1 is 1.19 bits per heavy atom. The second-order valence-corrected chi connectivity index (χ2v) is 8.36. The number of fused-ring (bicyclic) bond motifs is 1. The van der Waals surface area contributed by atoms with Crippen molar-refractivity contribution in [2.45, 2.75) is 13.8 Å². The van der Waals surface area contributed by atoms with Crippen molar-refractivity contribution in [3.05, 3.63) is 35.3 Å². The lowest BCUT2D eigenvalue weighted by molar-refractivity contribution is 0.0391. The first-order chi connectivity index (χ1) is 15.0. The van der Waals surface area contributed by atoms with Gasteiger partial charge in [-0.3, -0.25) is 14.6 Å². The van der Waals surface area contributed by atoms with Crippen LogP contribution >= 0.6 is 11.3 Å². The highest BCUT2D eigenvalue weighted by Gasteiger charge is 2.27. The van der Waals surface area contributed by atoms with Crippen LogP contribution in [-0.4, -0.2) is 69.4 Å². The minimum atomic E-state index is -0.125. The maximum atomic E-state index is 13.6. The number of hydrogen-bond acceptors (Lipinski definition) is 8. The van der Waals surface area contributed by atoms with E-state index in [-0.39, 0.29) is 5.91 Å². The van der Waals surface area contributed by atoms with Gasteiger partial charge in [-0.15, -0.1) is 0 Å². The number of furan rings is 1. The molecule has 4 rings (SSSR count). The maximum absolute atomic E-state index is 13.6. The van der Waals surface area contributed by atoms with Crippen LogP contribution in [0.25, 0.3) is 10.2 Å². The molecule has 0 N–H and O–H groups in total. The topological polar surface area (TPSA) is 77.3 Å². The molecule has 0 bridgehead atoms. The van der Waals surface area contributed by atoms with E-state index in [9.17, 15) is 4.79 Å². The molecule has 1 amide bonds. The van der Waals surface area contributed by atoms with Gasteiger partial charge in [0.05, 0.1) is 33.0 Å². The lowest BCUT2D eigenvalue weighted by atomic mass is 10.2. The fourth-order valence-corrected chi connectivity index (χ4v) is 4.83. The summed E-state index contributed by atoms with van der Waals surface area (Å²) < 4.78 is 22.9. The first-order valence-corrected chi connectivity index (χ1v) is 11.0. The highest BCUT2D eigenvalue weighted by Crippen LogP contribution is 2.40. The van der Waals surface area contributed by atoms with Gasteiger partial charge in [-0.25, -0.2) is 4.98 Å². The number of carbonyl (C=O) groups excluding carboxylic acids is 1. The Morgan fingerprint density at radius 2 is 1.90 bits per heavy atom. The molecule has 1 aromatic carbocycles. The molecule has 0 radical (unpaired) electrons. The molecule has 1 saturated heterocycles. The highest BCUT2D eigenvalue weighted by molar-refractivity contribution is 7.22. The van der Waals surface area contributed by atoms with E-state index in [4.69, 9.17) is 23.6 Å². The number of morpholine rings is 1. The van der Waals surface area contributed by atoms with E-state index in [0.717, 1.165) is 24.3 Å². The molecule has 3 heterocycles. The maximum Gasteiger partial charge on any atom is 0.263 e. The Balaban J connectivity index is 1.72. The lowest BCUT2D eigenvalue weighted by Crippen LogP contribution is -2.43. The van der Waals surface area contributed by atoms with E-state index in [2.05, 4.69) is 4.90 Å². The summed E-state index contributed by atoms with van der Waals surface area (Å²) in [6, 6.07) is 5.47. The molecule has 3 aromatic rings. The van der Waals surface area contributed by atoms with Crippen molar-refractivity contribution < 1.29 is 23.4 Å². The Kier molecular flexibility index (Phi) is 6.45. The number of carbonyl (C=O) groups is 1. The summed E-state index contributed by atoms with van der Waals surface area (Å²) in [5, 5.41) is 0.606. The van der Waals surface area contributed by atoms with Crippen molar-refractivity contribution in [1.29, 1.82) is 0 Å². The quantitative estimate of drug-likeness (QED) is 0.551. The average molecular weight is 446 g/mol. The van der Waals surface area contributed by atoms with E-state index in [0.29, 0.717) is 59.0 Å². The Hall–Kier alpha value is -2.62. The van der Waals surface area contributed by atoms with Crippen LogP contribution in [0.4, 0.5) is 5.13 Å². The molecule has 31 heavy (non-hydrogen) atoms. The van der Waals surface area contributed by atoms with Crippen LogP contribution < -0.4 is 14.4 Å². The minimum absolute atomic E-state index is 0.125. The number of amides is 1.